The molecule has 0 aromatic heterocycles. The van der Waals surface area contributed by atoms with E-state index in [0.717, 1.165) is 19.6 Å². The zero-order valence-corrected chi connectivity index (χ0v) is 16.5. The number of alkyl halides is 1. The monoisotopic (exact) mass is 391 g/mol. The summed E-state index contributed by atoms with van der Waals surface area (Å²) in [5, 5.41) is 15.8. The van der Waals surface area contributed by atoms with Crippen LogP contribution in [0.1, 0.15) is 24.2 Å². The quantitative estimate of drug-likeness (QED) is 0.505. The number of carbonyl (C=O) groups excluding carboxylic acids is 1. The van der Waals surface area contributed by atoms with E-state index in [9.17, 15) is 9.90 Å². The Morgan fingerprint density at radius 3 is 2.60 bits per heavy atom. The van der Waals surface area contributed by atoms with Crippen LogP contribution < -0.4 is 15.4 Å². The first-order valence-corrected chi connectivity index (χ1v) is 9.23. The van der Waals surface area contributed by atoms with Crippen LogP contribution in [0.15, 0.2) is 12.1 Å². The molecular weight excluding hydrogens is 365 g/mol. The zero-order chi connectivity index (χ0) is 18.8. The lowest BCUT2D eigenvalue weighted by atomic mass is 10.1. The highest BCUT2D eigenvalue weighted by atomic mass is 35.5. The van der Waals surface area contributed by atoms with E-state index in [1.54, 1.807) is 12.1 Å². The zero-order valence-electron chi connectivity index (χ0n) is 14.9. The molecule has 0 saturated heterocycles. The molecule has 1 atom stereocenters. The number of hydrogen-bond acceptors (Lipinski definition) is 5. The first-order valence-electron chi connectivity index (χ1n) is 8.32. The number of likely N-dealkylation sites (N-methyl/N-ethyl adjacent to an activating group) is 1. The number of nitrogens with zero attached hydrogens (tertiary/aromatic N) is 1. The third-order valence-electron chi connectivity index (χ3n) is 3.85. The fourth-order valence-electron chi connectivity index (χ4n) is 2.28. The fourth-order valence-corrected chi connectivity index (χ4v) is 2.62. The molecule has 1 rings (SSSR count). The van der Waals surface area contributed by atoms with Crippen LogP contribution >= 0.6 is 23.2 Å². The average molecular weight is 392 g/mol. The second-order valence-electron chi connectivity index (χ2n) is 5.50. The Labute approximate surface area is 159 Å². The first-order chi connectivity index (χ1) is 12.0. The molecule has 1 aromatic carbocycles. The number of rotatable bonds is 11. The number of methoxy groups -OCH3 is 1. The lowest BCUT2D eigenvalue weighted by Crippen LogP contribution is -2.35. The molecule has 142 valence electrons. The number of hydrogen-bond donors (Lipinski definition) is 3. The van der Waals surface area contributed by atoms with Crippen LogP contribution in [0.2, 0.25) is 5.02 Å². The largest absolute Gasteiger partial charge is 0.496 e. The van der Waals surface area contributed by atoms with Crippen molar-refractivity contribution >= 4 is 34.8 Å². The van der Waals surface area contributed by atoms with E-state index in [4.69, 9.17) is 27.9 Å². The summed E-state index contributed by atoms with van der Waals surface area (Å²) < 4.78 is 5.31. The van der Waals surface area contributed by atoms with Gasteiger partial charge in [0.1, 0.15) is 5.75 Å². The third kappa shape index (κ3) is 6.90. The van der Waals surface area contributed by atoms with E-state index in [2.05, 4.69) is 29.4 Å². The summed E-state index contributed by atoms with van der Waals surface area (Å²) in [5.41, 5.74) is 0.942. The maximum Gasteiger partial charge on any atom is 0.255 e. The van der Waals surface area contributed by atoms with Crippen LogP contribution in [-0.2, 0) is 0 Å². The molecule has 0 aliphatic carbocycles. The van der Waals surface area contributed by atoms with Gasteiger partial charge in [0, 0.05) is 25.7 Å². The van der Waals surface area contributed by atoms with Crippen LogP contribution in [0.5, 0.6) is 5.75 Å². The van der Waals surface area contributed by atoms with Gasteiger partial charge in [-0.15, -0.1) is 11.6 Å². The Morgan fingerprint density at radius 1 is 1.36 bits per heavy atom. The molecule has 1 aromatic rings. The lowest BCUT2D eigenvalue weighted by molar-refractivity contribution is 0.0946. The second-order valence-corrected chi connectivity index (χ2v) is 6.22. The highest BCUT2D eigenvalue weighted by Crippen LogP contribution is 2.31. The number of anilines is 1. The van der Waals surface area contributed by atoms with Crippen LogP contribution in [-0.4, -0.2) is 67.7 Å². The minimum absolute atomic E-state index is 0.120. The van der Waals surface area contributed by atoms with Gasteiger partial charge < -0.3 is 25.4 Å². The second kappa shape index (κ2) is 11.4. The number of aliphatic hydroxyl groups excluding tert-OH is 1. The van der Waals surface area contributed by atoms with Crippen LogP contribution in [0.3, 0.4) is 0 Å². The van der Waals surface area contributed by atoms with Gasteiger partial charge in [-0.3, -0.25) is 4.79 Å². The normalized spacial score (nSPS) is 12.1. The standard InChI is InChI=1S/C17H27Cl2N3O3/c1-4-22(5-2)7-6-20-17(24)13-8-14(19)15(9-16(13)25-3)21-11-12(23)10-18/h8-9,12,21,23H,4-7,10-11H2,1-3H3,(H,20,24). The van der Waals surface area contributed by atoms with Crippen molar-refractivity contribution in [2.45, 2.75) is 20.0 Å². The van der Waals surface area contributed by atoms with Crippen molar-refractivity contribution in [2.24, 2.45) is 0 Å². The summed E-state index contributed by atoms with van der Waals surface area (Å²) in [6, 6.07) is 3.20. The van der Waals surface area contributed by atoms with Crippen molar-refractivity contribution in [2.75, 3.05) is 51.0 Å². The molecule has 0 saturated carbocycles. The summed E-state index contributed by atoms with van der Waals surface area (Å²) in [7, 11) is 1.49. The molecule has 6 nitrogen and oxygen atoms in total. The topological polar surface area (TPSA) is 73.8 Å². The van der Waals surface area contributed by atoms with Crippen LogP contribution in [0.25, 0.3) is 0 Å². The SMILES string of the molecule is CCN(CC)CCNC(=O)c1cc(Cl)c(NCC(O)CCl)cc1OC. The molecule has 25 heavy (non-hydrogen) atoms. The molecule has 0 bridgehead atoms. The van der Waals surface area contributed by atoms with E-state index >= 15 is 0 Å². The Hall–Kier alpha value is -1.21. The van der Waals surface area contributed by atoms with Crippen molar-refractivity contribution in [3.05, 3.63) is 22.7 Å². The van der Waals surface area contributed by atoms with Crippen LogP contribution in [0.4, 0.5) is 5.69 Å². The van der Waals surface area contributed by atoms with Crippen molar-refractivity contribution in [1.29, 1.82) is 0 Å². The average Bonchev–Trinajstić information content (AvgIpc) is 2.63. The molecule has 3 N–H and O–H groups in total. The number of amides is 1. The number of benzene rings is 1. The minimum Gasteiger partial charge on any atom is -0.496 e. The van der Waals surface area contributed by atoms with Gasteiger partial charge in [0.15, 0.2) is 0 Å². The van der Waals surface area contributed by atoms with Crippen molar-refractivity contribution in [3.63, 3.8) is 0 Å². The molecule has 0 spiro atoms. The van der Waals surface area contributed by atoms with Crippen LogP contribution in [0, 0.1) is 0 Å². The molecular formula is C17H27Cl2N3O3. The van der Waals surface area contributed by atoms with Gasteiger partial charge in [-0.1, -0.05) is 25.4 Å². The maximum absolute atomic E-state index is 12.4. The number of carbonyl (C=O) groups is 1. The summed E-state index contributed by atoms with van der Waals surface area (Å²) >= 11 is 11.8. The van der Waals surface area contributed by atoms with Gasteiger partial charge in [0.2, 0.25) is 0 Å². The molecule has 1 unspecified atom stereocenters. The first kappa shape index (κ1) is 21.8. The van der Waals surface area contributed by atoms with E-state index in [1.165, 1.54) is 7.11 Å². The summed E-state index contributed by atoms with van der Waals surface area (Å²) in [5.74, 6) is 0.292. The molecule has 0 aliphatic rings. The summed E-state index contributed by atoms with van der Waals surface area (Å²) in [6.45, 7) is 7.63. The lowest BCUT2D eigenvalue weighted by Gasteiger charge is -2.19. The van der Waals surface area contributed by atoms with E-state index < -0.39 is 6.10 Å². The summed E-state index contributed by atoms with van der Waals surface area (Å²) in [6.07, 6.45) is -0.688. The van der Waals surface area contributed by atoms with Gasteiger partial charge in [-0.05, 0) is 19.2 Å². The van der Waals surface area contributed by atoms with E-state index in [1.807, 2.05) is 0 Å². The Morgan fingerprint density at radius 2 is 2.04 bits per heavy atom. The molecule has 1 amide bonds. The van der Waals surface area contributed by atoms with Crippen molar-refractivity contribution < 1.29 is 14.6 Å². The minimum atomic E-state index is -0.688. The van der Waals surface area contributed by atoms with Crippen molar-refractivity contribution in [1.82, 2.24) is 10.2 Å². The number of halogens is 2. The number of nitrogens with one attached hydrogen (secondary N) is 2. The van der Waals surface area contributed by atoms with E-state index in [0.29, 0.717) is 28.6 Å². The Balaban J connectivity index is 2.78. The van der Waals surface area contributed by atoms with Gasteiger partial charge >= 0.3 is 0 Å². The smallest absolute Gasteiger partial charge is 0.255 e. The van der Waals surface area contributed by atoms with Gasteiger partial charge in [0.05, 0.1) is 35.4 Å². The molecule has 0 fully saturated rings. The number of ether oxygens (including phenoxy) is 1. The fraction of sp³-hybridized carbons (Fsp3) is 0.588. The third-order valence-corrected chi connectivity index (χ3v) is 4.52. The Bertz CT molecular complexity index is 554. The molecule has 0 radical (unpaired) electrons. The predicted octanol–water partition coefficient (Wildman–Crippen LogP) is 2.43. The summed E-state index contributed by atoms with van der Waals surface area (Å²) in [4.78, 5) is 14.6. The van der Waals surface area contributed by atoms with Crippen molar-refractivity contribution in [3.8, 4) is 5.75 Å². The predicted molar refractivity (Wildman–Crippen MR) is 103 cm³/mol. The van der Waals surface area contributed by atoms with Gasteiger partial charge in [-0.25, -0.2) is 0 Å². The molecule has 0 heterocycles. The molecule has 0 aliphatic heterocycles. The van der Waals surface area contributed by atoms with E-state index in [-0.39, 0.29) is 18.3 Å². The highest BCUT2D eigenvalue weighted by molar-refractivity contribution is 6.33. The van der Waals surface area contributed by atoms with Gasteiger partial charge in [0.25, 0.3) is 5.91 Å². The number of aliphatic hydroxyl groups is 1. The maximum atomic E-state index is 12.4. The highest BCUT2D eigenvalue weighted by Gasteiger charge is 2.16. The Kier molecular flexibility index (Phi) is 9.97. The van der Waals surface area contributed by atoms with Gasteiger partial charge in [-0.2, -0.15) is 0 Å². The molecule has 8 heteroatoms.